The predicted octanol–water partition coefficient (Wildman–Crippen LogP) is 1.90. The van der Waals surface area contributed by atoms with E-state index in [-0.39, 0.29) is 4.90 Å². The average molecular weight is 234 g/mol. The Kier molecular flexibility index (Phi) is 3.19. The maximum atomic E-state index is 11.7. The van der Waals surface area contributed by atoms with Gasteiger partial charge in [-0.05, 0) is 30.7 Å². The van der Waals surface area contributed by atoms with Crippen LogP contribution in [0.4, 0.5) is 0 Å². The van der Waals surface area contributed by atoms with Crippen LogP contribution in [0.1, 0.15) is 5.56 Å². The molecule has 5 heteroatoms. The highest BCUT2D eigenvalue weighted by Crippen LogP contribution is 2.20. The molecule has 0 aliphatic heterocycles. The Morgan fingerprint density at radius 2 is 1.79 bits per heavy atom. The first-order chi connectivity index (χ1) is 6.34. The molecular formula is C9H12ClNO2S. The zero-order valence-electron chi connectivity index (χ0n) is 8.28. The maximum Gasteiger partial charge on any atom is 0.242 e. The lowest BCUT2D eigenvalue weighted by molar-refractivity contribution is 0.520. The van der Waals surface area contributed by atoms with Gasteiger partial charge in [-0.3, -0.25) is 0 Å². The molecule has 0 amide bonds. The minimum Gasteiger partial charge on any atom is -0.207 e. The fourth-order valence-corrected chi connectivity index (χ4v) is 2.45. The Labute approximate surface area is 89.4 Å². The second-order valence-electron chi connectivity index (χ2n) is 3.25. The third-order valence-corrected chi connectivity index (χ3v) is 3.81. The van der Waals surface area contributed by atoms with Gasteiger partial charge in [-0.25, -0.2) is 12.7 Å². The lowest BCUT2D eigenvalue weighted by atomic mass is 10.2. The Bertz CT molecular complexity index is 420. The Hall–Kier alpha value is -0.580. The molecule has 0 aliphatic rings. The summed E-state index contributed by atoms with van der Waals surface area (Å²) in [4.78, 5) is 0.229. The number of hydrogen-bond donors (Lipinski definition) is 0. The average Bonchev–Trinajstić information content (AvgIpc) is 2.01. The molecule has 0 saturated carbocycles. The van der Waals surface area contributed by atoms with Gasteiger partial charge in [-0.1, -0.05) is 11.6 Å². The number of hydrogen-bond acceptors (Lipinski definition) is 2. The van der Waals surface area contributed by atoms with Crippen molar-refractivity contribution in [1.82, 2.24) is 4.31 Å². The molecule has 0 bridgehead atoms. The van der Waals surface area contributed by atoms with Gasteiger partial charge in [0.25, 0.3) is 0 Å². The van der Waals surface area contributed by atoms with E-state index in [1.807, 2.05) is 0 Å². The molecule has 1 rings (SSSR count). The van der Waals surface area contributed by atoms with Crippen molar-refractivity contribution in [2.75, 3.05) is 14.1 Å². The predicted molar refractivity (Wildman–Crippen MR) is 57.1 cm³/mol. The lowest BCUT2D eigenvalue weighted by Gasteiger charge is -2.11. The SMILES string of the molecule is Cc1cc(Cl)cc(S(=O)(=O)N(C)C)c1. The van der Waals surface area contributed by atoms with E-state index >= 15 is 0 Å². The summed E-state index contributed by atoms with van der Waals surface area (Å²) in [6.07, 6.45) is 0. The van der Waals surface area contributed by atoms with Crippen molar-refractivity contribution >= 4 is 21.6 Å². The van der Waals surface area contributed by atoms with Gasteiger partial charge in [-0.15, -0.1) is 0 Å². The first kappa shape index (κ1) is 11.5. The van der Waals surface area contributed by atoms with Gasteiger partial charge < -0.3 is 0 Å². The fourth-order valence-electron chi connectivity index (χ4n) is 1.06. The third kappa shape index (κ3) is 2.26. The summed E-state index contributed by atoms with van der Waals surface area (Å²) in [6.45, 7) is 1.81. The number of benzene rings is 1. The van der Waals surface area contributed by atoms with Gasteiger partial charge in [0.05, 0.1) is 4.90 Å². The van der Waals surface area contributed by atoms with Gasteiger partial charge in [0.2, 0.25) is 10.0 Å². The summed E-state index contributed by atoms with van der Waals surface area (Å²) >= 11 is 5.78. The van der Waals surface area contributed by atoms with Gasteiger partial charge in [0.15, 0.2) is 0 Å². The molecule has 0 heterocycles. The minimum atomic E-state index is -3.37. The van der Waals surface area contributed by atoms with Gasteiger partial charge >= 0.3 is 0 Å². The summed E-state index contributed by atoms with van der Waals surface area (Å²) in [5.74, 6) is 0. The van der Waals surface area contributed by atoms with E-state index in [0.29, 0.717) is 5.02 Å². The summed E-state index contributed by atoms with van der Waals surface area (Å²) in [5.41, 5.74) is 0.831. The highest BCUT2D eigenvalue weighted by Gasteiger charge is 2.17. The van der Waals surface area contributed by atoms with E-state index in [4.69, 9.17) is 11.6 Å². The molecule has 3 nitrogen and oxygen atoms in total. The Morgan fingerprint density at radius 3 is 2.21 bits per heavy atom. The Balaban J connectivity index is 3.34. The van der Waals surface area contributed by atoms with E-state index in [9.17, 15) is 8.42 Å². The van der Waals surface area contributed by atoms with Crippen LogP contribution in [0.15, 0.2) is 23.1 Å². The molecule has 0 radical (unpaired) electrons. The van der Waals surface area contributed by atoms with Gasteiger partial charge in [0.1, 0.15) is 0 Å². The number of sulfonamides is 1. The number of aryl methyl sites for hydroxylation is 1. The van der Waals surface area contributed by atoms with Crippen LogP contribution in [0.3, 0.4) is 0 Å². The summed E-state index contributed by atoms with van der Waals surface area (Å²) in [5, 5.41) is 0.436. The van der Waals surface area contributed by atoms with Crippen LogP contribution in [-0.4, -0.2) is 26.8 Å². The van der Waals surface area contributed by atoms with Crippen molar-refractivity contribution in [3.05, 3.63) is 28.8 Å². The molecule has 0 aliphatic carbocycles. The maximum absolute atomic E-state index is 11.7. The molecule has 0 atom stereocenters. The summed E-state index contributed by atoms with van der Waals surface area (Å²) in [7, 11) is -0.390. The van der Waals surface area contributed by atoms with Gasteiger partial charge in [0, 0.05) is 19.1 Å². The van der Waals surface area contributed by atoms with E-state index in [0.717, 1.165) is 9.87 Å². The second-order valence-corrected chi connectivity index (χ2v) is 5.84. The fraction of sp³-hybridized carbons (Fsp3) is 0.333. The first-order valence-electron chi connectivity index (χ1n) is 4.04. The van der Waals surface area contributed by atoms with Crippen molar-refractivity contribution in [3.8, 4) is 0 Å². The molecular weight excluding hydrogens is 222 g/mol. The number of halogens is 1. The second kappa shape index (κ2) is 3.88. The normalized spacial score (nSPS) is 12.1. The monoisotopic (exact) mass is 233 g/mol. The molecule has 0 N–H and O–H groups in total. The van der Waals surface area contributed by atoms with Crippen LogP contribution in [0, 0.1) is 6.92 Å². The Morgan fingerprint density at radius 1 is 1.21 bits per heavy atom. The summed E-state index contributed by atoms with van der Waals surface area (Å²) < 4.78 is 24.6. The molecule has 1 aromatic carbocycles. The minimum absolute atomic E-state index is 0.229. The van der Waals surface area contributed by atoms with Crippen LogP contribution >= 0.6 is 11.6 Å². The molecule has 0 unspecified atom stereocenters. The zero-order chi connectivity index (χ0) is 10.9. The van der Waals surface area contributed by atoms with E-state index < -0.39 is 10.0 Å². The molecule has 78 valence electrons. The van der Waals surface area contributed by atoms with E-state index in [1.165, 1.54) is 20.2 Å². The van der Waals surface area contributed by atoms with E-state index in [1.54, 1.807) is 19.1 Å². The number of rotatable bonds is 2. The van der Waals surface area contributed by atoms with Crippen LogP contribution in [0.5, 0.6) is 0 Å². The first-order valence-corrected chi connectivity index (χ1v) is 5.85. The van der Waals surface area contributed by atoms with E-state index in [2.05, 4.69) is 0 Å². The van der Waals surface area contributed by atoms with Crippen molar-refractivity contribution in [3.63, 3.8) is 0 Å². The largest absolute Gasteiger partial charge is 0.242 e. The van der Waals surface area contributed by atoms with Gasteiger partial charge in [-0.2, -0.15) is 0 Å². The van der Waals surface area contributed by atoms with Crippen LogP contribution < -0.4 is 0 Å². The topological polar surface area (TPSA) is 37.4 Å². The highest BCUT2D eigenvalue weighted by atomic mass is 35.5. The van der Waals surface area contributed by atoms with Crippen molar-refractivity contribution in [1.29, 1.82) is 0 Å². The van der Waals surface area contributed by atoms with Crippen LogP contribution in [0.25, 0.3) is 0 Å². The van der Waals surface area contributed by atoms with Crippen LogP contribution in [0.2, 0.25) is 5.02 Å². The molecule has 0 saturated heterocycles. The molecule has 0 aromatic heterocycles. The highest BCUT2D eigenvalue weighted by molar-refractivity contribution is 7.89. The molecule has 1 aromatic rings. The third-order valence-electron chi connectivity index (χ3n) is 1.79. The molecule has 0 spiro atoms. The smallest absolute Gasteiger partial charge is 0.207 e. The van der Waals surface area contributed by atoms with Crippen LogP contribution in [-0.2, 0) is 10.0 Å². The van der Waals surface area contributed by atoms with Crippen molar-refractivity contribution in [2.45, 2.75) is 11.8 Å². The molecule has 14 heavy (non-hydrogen) atoms. The zero-order valence-corrected chi connectivity index (χ0v) is 9.85. The van der Waals surface area contributed by atoms with Crippen molar-refractivity contribution < 1.29 is 8.42 Å². The summed E-state index contributed by atoms with van der Waals surface area (Å²) in [6, 6.07) is 4.77. The standard InChI is InChI=1S/C9H12ClNO2S/c1-7-4-8(10)6-9(5-7)14(12,13)11(2)3/h4-6H,1-3H3. The number of nitrogens with zero attached hydrogens (tertiary/aromatic N) is 1. The quantitative estimate of drug-likeness (QED) is 0.783. The van der Waals surface area contributed by atoms with Crippen molar-refractivity contribution in [2.24, 2.45) is 0 Å². The lowest BCUT2D eigenvalue weighted by Crippen LogP contribution is -2.22. The molecule has 0 fully saturated rings.